The van der Waals surface area contributed by atoms with Crippen LogP contribution in [0, 0.1) is 0 Å². The molecule has 1 aliphatic rings. The van der Waals surface area contributed by atoms with E-state index in [4.69, 9.17) is 33.7 Å². The highest BCUT2D eigenvalue weighted by Gasteiger charge is 2.34. The Labute approximate surface area is 230 Å². The molecule has 0 saturated carbocycles. The molecule has 8 heteroatoms. The minimum Gasteiger partial charge on any atom is -0.489 e. The van der Waals surface area contributed by atoms with Crippen molar-refractivity contribution < 1.29 is 9.53 Å². The second-order valence-corrected chi connectivity index (χ2v) is 10.8. The molecule has 1 aromatic heterocycles. The summed E-state index contributed by atoms with van der Waals surface area (Å²) in [5.74, 6) is 0.615. The molecule has 37 heavy (non-hydrogen) atoms. The third-order valence-electron chi connectivity index (χ3n) is 5.85. The van der Waals surface area contributed by atoms with Gasteiger partial charge in [-0.2, -0.15) is 5.10 Å². The molecule has 0 aliphatic carbocycles. The van der Waals surface area contributed by atoms with Crippen LogP contribution in [0.2, 0.25) is 5.02 Å². The smallest absolute Gasteiger partial charge is 0.266 e. The number of hydrogen-bond acceptors (Lipinski definition) is 5. The largest absolute Gasteiger partial charge is 0.489 e. The summed E-state index contributed by atoms with van der Waals surface area (Å²) in [6.07, 6.45) is 3.81. The van der Waals surface area contributed by atoms with Gasteiger partial charge in [0.15, 0.2) is 0 Å². The maximum Gasteiger partial charge on any atom is 0.266 e. The van der Waals surface area contributed by atoms with Crippen LogP contribution >= 0.6 is 35.6 Å². The molecule has 0 unspecified atom stereocenters. The number of carbonyl (C=O) groups is 1. The number of thiocarbonyl (C=S) groups is 1. The predicted molar refractivity (Wildman–Crippen MR) is 155 cm³/mol. The number of amides is 1. The third-order valence-corrected chi connectivity index (χ3v) is 7.55. The van der Waals surface area contributed by atoms with E-state index in [2.05, 4.69) is 0 Å². The van der Waals surface area contributed by atoms with Gasteiger partial charge >= 0.3 is 0 Å². The molecule has 2 heterocycles. The van der Waals surface area contributed by atoms with Crippen molar-refractivity contribution in [3.8, 4) is 22.7 Å². The lowest BCUT2D eigenvalue weighted by atomic mass is 10.1. The van der Waals surface area contributed by atoms with Gasteiger partial charge in [-0.05, 0) is 50.3 Å². The standard InChI is InChI=1S/C29H24ClN3O2S2/c1-19(2)33-28(34)26(37-29(33)36)16-22-17-32(23-11-4-3-5-12-23)31-27(22)20-10-8-13-24(15-20)35-18-21-9-6-7-14-25(21)30/h3-17,19H,18H2,1-2H3. The Morgan fingerprint density at radius 3 is 2.54 bits per heavy atom. The first-order valence-corrected chi connectivity index (χ1v) is 13.4. The van der Waals surface area contributed by atoms with Crippen LogP contribution in [-0.2, 0) is 11.4 Å². The Morgan fingerprint density at radius 1 is 1.05 bits per heavy atom. The number of ether oxygens (including phenoxy) is 1. The molecule has 1 aliphatic heterocycles. The highest BCUT2D eigenvalue weighted by Crippen LogP contribution is 2.36. The highest BCUT2D eigenvalue weighted by atomic mass is 35.5. The third kappa shape index (κ3) is 5.49. The van der Waals surface area contributed by atoms with Crippen molar-refractivity contribution in [1.29, 1.82) is 0 Å². The lowest BCUT2D eigenvalue weighted by molar-refractivity contribution is -0.123. The lowest BCUT2D eigenvalue weighted by Crippen LogP contribution is -2.34. The number of nitrogens with zero attached hydrogens (tertiary/aromatic N) is 3. The fraction of sp³-hybridized carbons (Fsp3) is 0.138. The van der Waals surface area contributed by atoms with Crippen LogP contribution in [0.15, 0.2) is 90.0 Å². The Morgan fingerprint density at radius 2 is 1.81 bits per heavy atom. The van der Waals surface area contributed by atoms with Gasteiger partial charge in [-0.15, -0.1) is 0 Å². The van der Waals surface area contributed by atoms with Gasteiger partial charge in [0.05, 0.1) is 10.6 Å². The van der Waals surface area contributed by atoms with Gasteiger partial charge in [-0.3, -0.25) is 9.69 Å². The number of carbonyl (C=O) groups excluding carboxylic acids is 1. The molecule has 0 bridgehead atoms. The van der Waals surface area contributed by atoms with Gasteiger partial charge in [0, 0.05) is 34.0 Å². The first kappa shape index (κ1) is 25.3. The molecule has 3 aromatic carbocycles. The first-order valence-electron chi connectivity index (χ1n) is 11.8. The molecule has 5 rings (SSSR count). The van der Waals surface area contributed by atoms with Gasteiger partial charge in [-0.25, -0.2) is 4.68 Å². The van der Waals surface area contributed by atoms with Crippen molar-refractivity contribution >= 4 is 51.9 Å². The normalized spacial score (nSPS) is 14.7. The summed E-state index contributed by atoms with van der Waals surface area (Å²) in [6.45, 7) is 4.27. The SMILES string of the molecule is CC(C)N1C(=O)C(=Cc2cn(-c3ccccc3)nc2-c2cccc(OCc3ccccc3Cl)c2)SC1=S. The van der Waals surface area contributed by atoms with Crippen molar-refractivity contribution in [2.75, 3.05) is 0 Å². The number of halogens is 1. The van der Waals surface area contributed by atoms with Gasteiger partial charge in [0.1, 0.15) is 22.4 Å². The molecule has 0 spiro atoms. The average Bonchev–Trinajstić information content (AvgIpc) is 3.44. The number of para-hydroxylation sites is 1. The van der Waals surface area contributed by atoms with Crippen LogP contribution in [0.1, 0.15) is 25.0 Å². The summed E-state index contributed by atoms with van der Waals surface area (Å²) in [4.78, 5) is 15.3. The van der Waals surface area contributed by atoms with E-state index in [9.17, 15) is 4.79 Å². The maximum atomic E-state index is 13.1. The monoisotopic (exact) mass is 545 g/mol. The average molecular weight is 546 g/mol. The predicted octanol–water partition coefficient (Wildman–Crippen LogP) is 7.38. The number of rotatable bonds is 7. The van der Waals surface area contributed by atoms with Crippen molar-refractivity contribution in [2.45, 2.75) is 26.5 Å². The van der Waals surface area contributed by atoms with E-state index < -0.39 is 0 Å². The maximum absolute atomic E-state index is 13.1. The van der Waals surface area contributed by atoms with Crippen LogP contribution < -0.4 is 4.74 Å². The number of aromatic nitrogens is 2. The summed E-state index contributed by atoms with van der Waals surface area (Å²) in [5.41, 5.74) is 4.26. The van der Waals surface area contributed by atoms with Crippen molar-refractivity contribution in [3.63, 3.8) is 0 Å². The Balaban J connectivity index is 1.52. The minimum absolute atomic E-state index is 0.00291. The zero-order chi connectivity index (χ0) is 25.9. The van der Waals surface area contributed by atoms with Crippen molar-refractivity contribution in [2.24, 2.45) is 0 Å². The van der Waals surface area contributed by atoms with Crippen LogP contribution in [0.4, 0.5) is 0 Å². The van der Waals surface area contributed by atoms with E-state index in [-0.39, 0.29) is 11.9 Å². The zero-order valence-electron chi connectivity index (χ0n) is 20.3. The molecule has 0 atom stereocenters. The van der Waals surface area contributed by atoms with Gasteiger partial charge < -0.3 is 4.74 Å². The topological polar surface area (TPSA) is 47.4 Å². The van der Waals surface area contributed by atoms with E-state index in [0.717, 1.165) is 28.1 Å². The number of thioether (sulfide) groups is 1. The second kappa shape index (κ2) is 10.9. The van der Waals surface area contributed by atoms with Crippen LogP contribution in [0.5, 0.6) is 5.75 Å². The summed E-state index contributed by atoms with van der Waals surface area (Å²) in [6, 6.07) is 25.3. The van der Waals surface area contributed by atoms with E-state index >= 15 is 0 Å². The molecule has 5 nitrogen and oxygen atoms in total. The quantitative estimate of drug-likeness (QED) is 0.179. The summed E-state index contributed by atoms with van der Waals surface area (Å²) >= 11 is 13.1. The molecule has 1 saturated heterocycles. The fourth-order valence-corrected chi connectivity index (χ4v) is 5.71. The van der Waals surface area contributed by atoms with Crippen LogP contribution in [-0.4, -0.2) is 30.9 Å². The molecule has 186 valence electrons. The molecule has 1 fully saturated rings. The first-order chi connectivity index (χ1) is 17.9. The van der Waals surface area contributed by atoms with Gasteiger partial charge in [-0.1, -0.05) is 84.1 Å². The van der Waals surface area contributed by atoms with Crippen LogP contribution in [0.25, 0.3) is 23.0 Å². The molecule has 0 radical (unpaired) electrons. The van der Waals surface area contributed by atoms with Crippen LogP contribution in [0.3, 0.4) is 0 Å². The van der Waals surface area contributed by atoms with Gasteiger partial charge in [0.25, 0.3) is 5.91 Å². The molecule has 0 N–H and O–H groups in total. The summed E-state index contributed by atoms with van der Waals surface area (Å²) in [5, 5.41) is 5.56. The Hall–Kier alpha value is -3.39. The Kier molecular flexibility index (Phi) is 7.46. The molecular weight excluding hydrogens is 522 g/mol. The number of hydrogen-bond donors (Lipinski definition) is 0. The molecular formula is C29H24ClN3O2S2. The zero-order valence-corrected chi connectivity index (χ0v) is 22.7. The molecule has 1 amide bonds. The summed E-state index contributed by atoms with van der Waals surface area (Å²) in [7, 11) is 0. The van der Waals surface area contributed by atoms with Crippen molar-refractivity contribution in [3.05, 3.63) is 106 Å². The minimum atomic E-state index is -0.0831. The van der Waals surface area contributed by atoms with E-state index in [1.54, 1.807) is 4.90 Å². The van der Waals surface area contributed by atoms with E-state index in [0.29, 0.717) is 26.6 Å². The Bertz CT molecular complexity index is 1500. The van der Waals surface area contributed by atoms with E-state index in [1.807, 2.05) is 110 Å². The molecule has 4 aromatic rings. The van der Waals surface area contributed by atoms with E-state index in [1.165, 1.54) is 11.8 Å². The summed E-state index contributed by atoms with van der Waals surface area (Å²) < 4.78 is 8.44. The lowest BCUT2D eigenvalue weighted by Gasteiger charge is -2.18. The van der Waals surface area contributed by atoms with Crippen molar-refractivity contribution in [1.82, 2.24) is 14.7 Å². The fourth-order valence-electron chi connectivity index (χ4n) is 4.01. The number of benzene rings is 3. The van der Waals surface area contributed by atoms with Gasteiger partial charge in [0.2, 0.25) is 0 Å². The highest BCUT2D eigenvalue weighted by molar-refractivity contribution is 8.26. The second-order valence-electron chi connectivity index (χ2n) is 8.77.